The molecule has 5 heteroatoms. The van der Waals surface area contributed by atoms with E-state index in [0.29, 0.717) is 24.7 Å². The van der Waals surface area contributed by atoms with Gasteiger partial charge in [-0.15, -0.1) is 0 Å². The van der Waals surface area contributed by atoms with Gasteiger partial charge in [-0.2, -0.15) is 0 Å². The predicted molar refractivity (Wildman–Crippen MR) is 115 cm³/mol. The summed E-state index contributed by atoms with van der Waals surface area (Å²) in [6, 6.07) is 5.62. The molecule has 0 saturated carbocycles. The minimum absolute atomic E-state index is 0.0129. The largest absolute Gasteiger partial charge is 0.494 e. The van der Waals surface area contributed by atoms with Crippen LogP contribution in [0.25, 0.3) is 0 Å². The van der Waals surface area contributed by atoms with Gasteiger partial charge in [-0.3, -0.25) is 4.79 Å². The molecule has 0 radical (unpaired) electrons. The van der Waals surface area contributed by atoms with Gasteiger partial charge < -0.3 is 19.5 Å². The van der Waals surface area contributed by atoms with Crippen LogP contribution in [-0.4, -0.2) is 32.8 Å². The normalized spacial score (nSPS) is 10.7. The molecule has 1 rings (SSSR count). The topological polar surface area (TPSA) is 56.8 Å². The molecule has 0 aliphatic heterocycles. The van der Waals surface area contributed by atoms with Crippen LogP contribution in [0.1, 0.15) is 78.1 Å². The molecule has 1 aromatic carbocycles. The first kappa shape index (κ1) is 24.3. The van der Waals surface area contributed by atoms with Crippen molar-refractivity contribution in [1.29, 1.82) is 0 Å². The molecule has 0 spiro atoms. The predicted octanol–water partition coefficient (Wildman–Crippen LogP) is 5.97. The van der Waals surface area contributed by atoms with E-state index in [4.69, 9.17) is 14.2 Å². The SMILES string of the molecule is CCCCCCCOc1ccc(OCCCCCCC)c(NC(=O)COC)c1. The lowest BCUT2D eigenvalue weighted by Gasteiger charge is -2.15. The van der Waals surface area contributed by atoms with Gasteiger partial charge in [0.1, 0.15) is 18.1 Å². The number of hydrogen-bond donors (Lipinski definition) is 1. The molecular weight excluding hydrogens is 354 g/mol. The second-order valence-corrected chi connectivity index (χ2v) is 7.16. The van der Waals surface area contributed by atoms with Crippen molar-refractivity contribution in [2.45, 2.75) is 78.1 Å². The van der Waals surface area contributed by atoms with Crippen LogP contribution in [0.5, 0.6) is 11.5 Å². The molecule has 0 aromatic heterocycles. The van der Waals surface area contributed by atoms with E-state index < -0.39 is 0 Å². The summed E-state index contributed by atoms with van der Waals surface area (Å²) in [6.07, 6.45) is 11.9. The number of anilines is 1. The Morgan fingerprint density at radius 3 is 2.07 bits per heavy atom. The van der Waals surface area contributed by atoms with Gasteiger partial charge in [-0.1, -0.05) is 65.2 Å². The number of benzene rings is 1. The summed E-state index contributed by atoms with van der Waals surface area (Å²) >= 11 is 0. The van der Waals surface area contributed by atoms with Crippen molar-refractivity contribution < 1.29 is 19.0 Å². The van der Waals surface area contributed by atoms with E-state index >= 15 is 0 Å². The highest BCUT2D eigenvalue weighted by molar-refractivity contribution is 5.93. The molecule has 1 N–H and O–H groups in total. The van der Waals surface area contributed by atoms with E-state index in [9.17, 15) is 4.79 Å². The fourth-order valence-corrected chi connectivity index (χ4v) is 2.92. The highest BCUT2D eigenvalue weighted by atomic mass is 16.5. The van der Waals surface area contributed by atoms with Gasteiger partial charge in [-0.05, 0) is 25.0 Å². The van der Waals surface area contributed by atoms with E-state index in [1.165, 1.54) is 58.5 Å². The number of rotatable bonds is 17. The summed E-state index contributed by atoms with van der Waals surface area (Å²) in [6.45, 7) is 5.77. The number of hydrogen-bond acceptors (Lipinski definition) is 4. The maximum absolute atomic E-state index is 12.0. The van der Waals surface area contributed by atoms with Crippen molar-refractivity contribution in [2.75, 3.05) is 32.2 Å². The number of carbonyl (C=O) groups is 1. The zero-order valence-corrected chi connectivity index (χ0v) is 18.1. The minimum Gasteiger partial charge on any atom is -0.494 e. The van der Waals surface area contributed by atoms with Crippen molar-refractivity contribution in [3.63, 3.8) is 0 Å². The molecule has 28 heavy (non-hydrogen) atoms. The molecule has 0 bridgehead atoms. The number of nitrogens with one attached hydrogen (secondary N) is 1. The first-order valence-corrected chi connectivity index (χ1v) is 10.9. The average Bonchev–Trinajstić information content (AvgIpc) is 2.68. The first-order chi connectivity index (χ1) is 13.7. The molecule has 0 aliphatic rings. The van der Waals surface area contributed by atoms with E-state index in [2.05, 4.69) is 19.2 Å². The molecule has 5 nitrogen and oxygen atoms in total. The molecular formula is C23H39NO4. The summed E-state index contributed by atoms with van der Waals surface area (Å²) in [5.41, 5.74) is 0.638. The second-order valence-electron chi connectivity index (χ2n) is 7.16. The third-order valence-corrected chi connectivity index (χ3v) is 4.52. The van der Waals surface area contributed by atoms with E-state index in [0.717, 1.165) is 18.6 Å². The Bertz CT molecular complexity index is 533. The minimum atomic E-state index is -0.202. The van der Waals surface area contributed by atoms with Gasteiger partial charge in [0.15, 0.2) is 0 Å². The maximum atomic E-state index is 12.0. The van der Waals surface area contributed by atoms with E-state index in [1.807, 2.05) is 18.2 Å². The number of amides is 1. The van der Waals surface area contributed by atoms with Gasteiger partial charge in [0.25, 0.3) is 0 Å². The average molecular weight is 394 g/mol. The Balaban J connectivity index is 2.56. The molecule has 1 amide bonds. The van der Waals surface area contributed by atoms with Gasteiger partial charge >= 0.3 is 0 Å². The molecule has 0 heterocycles. The lowest BCUT2D eigenvalue weighted by molar-refractivity contribution is -0.119. The summed E-state index contributed by atoms with van der Waals surface area (Å²) in [4.78, 5) is 12.0. The van der Waals surface area contributed by atoms with Crippen LogP contribution in [0.2, 0.25) is 0 Å². The van der Waals surface area contributed by atoms with Gasteiger partial charge in [-0.25, -0.2) is 0 Å². The lowest BCUT2D eigenvalue weighted by atomic mass is 10.2. The Kier molecular flexibility index (Phi) is 14.1. The third kappa shape index (κ3) is 11.2. The molecule has 1 aromatic rings. The molecule has 0 saturated heterocycles. The number of unbranched alkanes of at least 4 members (excludes halogenated alkanes) is 8. The summed E-state index contributed by atoms with van der Waals surface area (Å²) < 4.78 is 16.7. The standard InChI is InChI=1S/C23H39NO4/c1-4-6-8-10-12-16-27-20-14-15-22(28-17-13-11-9-7-5-2)21(18-20)24-23(25)19-26-3/h14-15,18H,4-13,16-17,19H2,1-3H3,(H,24,25). The first-order valence-electron chi connectivity index (χ1n) is 10.9. The second kappa shape index (κ2) is 16.2. The Morgan fingerprint density at radius 1 is 0.857 bits per heavy atom. The number of ether oxygens (including phenoxy) is 3. The van der Waals surface area contributed by atoms with Crippen LogP contribution < -0.4 is 14.8 Å². The Morgan fingerprint density at radius 2 is 1.46 bits per heavy atom. The number of methoxy groups -OCH3 is 1. The summed E-state index contributed by atoms with van der Waals surface area (Å²) in [5.74, 6) is 1.22. The molecule has 0 atom stereocenters. The van der Waals surface area contributed by atoms with E-state index in [1.54, 1.807) is 0 Å². The molecule has 0 unspecified atom stereocenters. The van der Waals surface area contributed by atoms with Crippen molar-refractivity contribution in [3.8, 4) is 11.5 Å². The third-order valence-electron chi connectivity index (χ3n) is 4.52. The zero-order chi connectivity index (χ0) is 20.5. The van der Waals surface area contributed by atoms with Crippen molar-refractivity contribution in [1.82, 2.24) is 0 Å². The molecule has 0 fully saturated rings. The van der Waals surface area contributed by atoms with Crippen molar-refractivity contribution in [2.24, 2.45) is 0 Å². The van der Waals surface area contributed by atoms with Gasteiger partial charge in [0.2, 0.25) is 5.91 Å². The van der Waals surface area contributed by atoms with Crippen LogP contribution in [0, 0.1) is 0 Å². The van der Waals surface area contributed by atoms with Gasteiger partial charge in [0, 0.05) is 13.2 Å². The Hall–Kier alpha value is -1.75. The maximum Gasteiger partial charge on any atom is 0.250 e. The van der Waals surface area contributed by atoms with Crippen molar-refractivity contribution >= 4 is 11.6 Å². The zero-order valence-electron chi connectivity index (χ0n) is 18.1. The van der Waals surface area contributed by atoms with Crippen LogP contribution in [0.15, 0.2) is 18.2 Å². The monoisotopic (exact) mass is 393 g/mol. The smallest absolute Gasteiger partial charge is 0.250 e. The van der Waals surface area contributed by atoms with Crippen molar-refractivity contribution in [3.05, 3.63) is 18.2 Å². The quantitative estimate of drug-likeness (QED) is 0.331. The summed E-state index contributed by atoms with van der Waals surface area (Å²) in [5, 5.41) is 2.86. The highest BCUT2D eigenvalue weighted by Crippen LogP contribution is 2.30. The highest BCUT2D eigenvalue weighted by Gasteiger charge is 2.10. The van der Waals surface area contributed by atoms with Gasteiger partial charge in [0.05, 0.1) is 18.9 Å². The van der Waals surface area contributed by atoms with Crippen LogP contribution in [0.3, 0.4) is 0 Å². The number of carbonyl (C=O) groups excluding carboxylic acids is 1. The Labute approximate surface area is 171 Å². The fraction of sp³-hybridized carbons (Fsp3) is 0.696. The summed E-state index contributed by atoms with van der Waals surface area (Å²) in [7, 11) is 1.51. The van der Waals surface area contributed by atoms with Crippen LogP contribution in [0.4, 0.5) is 5.69 Å². The molecule has 160 valence electrons. The lowest BCUT2D eigenvalue weighted by Crippen LogP contribution is -2.18. The van der Waals surface area contributed by atoms with E-state index in [-0.39, 0.29) is 12.5 Å². The fourth-order valence-electron chi connectivity index (χ4n) is 2.92. The van der Waals surface area contributed by atoms with Crippen LogP contribution >= 0.6 is 0 Å². The van der Waals surface area contributed by atoms with Crippen LogP contribution in [-0.2, 0) is 9.53 Å². The molecule has 0 aliphatic carbocycles.